The highest BCUT2D eigenvalue weighted by Gasteiger charge is 2.27. The Morgan fingerprint density at radius 2 is 2.05 bits per heavy atom. The molecule has 2 N–H and O–H groups in total. The fraction of sp³-hybridized carbons (Fsp3) is 0.562. The number of rotatable bonds is 4. The van der Waals surface area contributed by atoms with E-state index in [-0.39, 0.29) is 17.9 Å². The van der Waals surface area contributed by atoms with Crippen LogP contribution in [0.25, 0.3) is 0 Å². The Kier molecular flexibility index (Phi) is 5.49. The smallest absolute Gasteiger partial charge is 0.225 e. The number of carbonyl (C=O) groups is 1. The molecule has 0 radical (unpaired) electrons. The second-order valence-electron chi connectivity index (χ2n) is 5.67. The van der Waals surface area contributed by atoms with Crippen molar-refractivity contribution in [3.8, 4) is 0 Å². The third-order valence-electron chi connectivity index (χ3n) is 4.02. The second kappa shape index (κ2) is 7.14. The molecule has 4 heteroatoms. The van der Waals surface area contributed by atoms with Crippen LogP contribution in [0.5, 0.6) is 0 Å². The Morgan fingerprint density at radius 1 is 1.35 bits per heavy atom. The first-order valence-electron chi connectivity index (χ1n) is 7.23. The molecular weight excluding hydrogens is 268 g/mol. The van der Waals surface area contributed by atoms with Crippen molar-refractivity contribution in [2.24, 2.45) is 11.7 Å². The van der Waals surface area contributed by atoms with Gasteiger partial charge in [-0.3, -0.25) is 4.79 Å². The maximum Gasteiger partial charge on any atom is 0.225 e. The number of amides is 1. The summed E-state index contributed by atoms with van der Waals surface area (Å²) in [7, 11) is 1.89. The van der Waals surface area contributed by atoms with Crippen LogP contribution in [0.2, 0.25) is 0 Å². The molecule has 0 spiro atoms. The summed E-state index contributed by atoms with van der Waals surface area (Å²) >= 11 is 1.73. The van der Waals surface area contributed by atoms with Gasteiger partial charge in [0.15, 0.2) is 0 Å². The van der Waals surface area contributed by atoms with Crippen LogP contribution in [0.3, 0.4) is 0 Å². The summed E-state index contributed by atoms with van der Waals surface area (Å²) in [6, 6.07) is 8.61. The van der Waals surface area contributed by atoms with Crippen molar-refractivity contribution in [3.63, 3.8) is 0 Å². The molecule has 0 aliphatic heterocycles. The lowest BCUT2D eigenvalue weighted by Crippen LogP contribution is -2.38. The molecule has 0 bridgehead atoms. The van der Waals surface area contributed by atoms with Crippen LogP contribution in [0.1, 0.15) is 31.2 Å². The van der Waals surface area contributed by atoms with Crippen LogP contribution in [-0.4, -0.2) is 30.2 Å². The first-order valence-corrected chi connectivity index (χ1v) is 8.46. The minimum atomic E-state index is 0.120. The lowest BCUT2D eigenvalue weighted by molar-refractivity contribution is -0.135. The number of thioether (sulfide) groups is 1. The van der Waals surface area contributed by atoms with Gasteiger partial charge in [-0.05, 0) is 43.2 Å². The van der Waals surface area contributed by atoms with Gasteiger partial charge < -0.3 is 10.6 Å². The molecule has 2 rings (SSSR count). The van der Waals surface area contributed by atoms with Gasteiger partial charge in [-0.1, -0.05) is 18.6 Å². The quantitative estimate of drug-likeness (QED) is 0.868. The van der Waals surface area contributed by atoms with E-state index in [0.29, 0.717) is 6.54 Å². The number of nitrogens with zero attached hydrogens (tertiary/aromatic N) is 1. The highest BCUT2D eigenvalue weighted by atomic mass is 32.2. The van der Waals surface area contributed by atoms with Gasteiger partial charge in [-0.15, -0.1) is 11.8 Å². The minimum Gasteiger partial charge on any atom is -0.341 e. The zero-order valence-corrected chi connectivity index (χ0v) is 13.2. The van der Waals surface area contributed by atoms with Crippen molar-refractivity contribution >= 4 is 17.7 Å². The molecule has 110 valence electrons. The average molecular weight is 292 g/mol. The predicted molar refractivity (Wildman–Crippen MR) is 84.6 cm³/mol. The van der Waals surface area contributed by atoms with Crippen LogP contribution in [-0.2, 0) is 11.3 Å². The Hall–Kier alpha value is -1.00. The Bertz CT molecular complexity index is 446. The molecule has 20 heavy (non-hydrogen) atoms. The zero-order chi connectivity index (χ0) is 14.5. The first-order chi connectivity index (χ1) is 9.60. The van der Waals surface area contributed by atoms with Gasteiger partial charge in [-0.25, -0.2) is 0 Å². The fourth-order valence-electron chi connectivity index (χ4n) is 2.85. The normalized spacial score (nSPS) is 22.6. The zero-order valence-electron chi connectivity index (χ0n) is 12.3. The van der Waals surface area contributed by atoms with Gasteiger partial charge in [0.05, 0.1) is 0 Å². The molecule has 1 aliphatic carbocycles. The molecule has 1 fully saturated rings. The molecule has 0 saturated heterocycles. The second-order valence-corrected chi connectivity index (χ2v) is 6.55. The standard InChI is InChI=1S/C16H24N2OS/c1-18(11-12-6-8-15(20-2)9-7-12)16(19)13-4-3-5-14(17)10-13/h6-9,13-14H,3-5,10-11,17H2,1-2H3. The number of carbonyl (C=O) groups excluding carboxylic acids is 1. The van der Waals surface area contributed by atoms with Gasteiger partial charge in [0, 0.05) is 30.4 Å². The molecule has 1 aromatic carbocycles. The summed E-state index contributed by atoms with van der Waals surface area (Å²) < 4.78 is 0. The maximum atomic E-state index is 12.4. The predicted octanol–water partition coefficient (Wildman–Crippen LogP) is 2.88. The lowest BCUT2D eigenvalue weighted by atomic mass is 9.85. The number of nitrogens with two attached hydrogens (primary N) is 1. The molecule has 0 heterocycles. The average Bonchev–Trinajstić information content (AvgIpc) is 2.47. The summed E-state index contributed by atoms with van der Waals surface area (Å²) in [4.78, 5) is 15.5. The topological polar surface area (TPSA) is 46.3 Å². The van der Waals surface area contributed by atoms with Crippen LogP contribution in [0, 0.1) is 5.92 Å². The number of benzene rings is 1. The SMILES string of the molecule is CSc1ccc(CN(C)C(=O)C2CCCC(N)C2)cc1. The van der Waals surface area contributed by atoms with Crippen LogP contribution >= 0.6 is 11.8 Å². The molecule has 0 aromatic heterocycles. The van der Waals surface area contributed by atoms with Crippen molar-refractivity contribution in [1.29, 1.82) is 0 Å². The summed E-state index contributed by atoms with van der Waals surface area (Å²) in [5.41, 5.74) is 7.15. The van der Waals surface area contributed by atoms with E-state index >= 15 is 0 Å². The Morgan fingerprint density at radius 3 is 2.65 bits per heavy atom. The molecule has 1 aliphatic rings. The summed E-state index contributed by atoms with van der Waals surface area (Å²) in [5.74, 6) is 0.364. The van der Waals surface area contributed by atoms with E-state index < -0.39 is 0 Å². The Balaban J connectivity index is 1.92. The van der Waals surface area contributed by atoms with E-state index in [9.17, 15) is 4.79 Å². The van der Waals surface area contributed by atoms with Crippen molar-refractivity contribution in [1.82, 2.24) is 4.90 Å². The molecule has 2 unspecified atom stereocenters. The van der Waals surface area contributed by atoms with Crippen molar-refractivity contribution in [3.05, 3.63) is 29.8 Å². The monoisotopic (exact) mass is 292 g/mol. The number of hydrogen-bond donors (Lipinski definition) is 1. The summed E-state index contributed by atoms with van der Waals surface area (Å²) in [6.45, 7) is 0.680. The largest absolute Gasteiger partial charge is 0.341 e. The van der Waals surface area contributed by atoms with Gasteiger partial charge in [0.1, 0.15) is 0 Å². The van der Waals surface area contributed by atoms with E-state index in [0.717, 1.165) is 25.7 Å². The van der Waals surface area contributed by atoms with E-state index in [1.807, 2.05) is 11.9 Å². The highest BCUT2D eigenvalue weighted by molar-refractivity contribution is 7.98. The molecule has 1 saturated carbocycles. The molecule has 2 atom stereocenters. The minimum absolute atomic E-state index is 0.120. The van der Waals surface area contributed by atoms with Crippen molar-refractivity contribution in [2.75, 3.05) is 13.3 Å². The van der Waals surface area contributed by atoms with Crippen LogP contribution in [0.4, 0.5) is 0 Å². The van der Waals surface area contributed by atoms with E-state index in [2.05, 4.69) is 30.5 Å². The van der Waals surface area contributed by atoms with Crippen LogP contribution < -0.4 is 5.73 Å². The molecule has 3 nitrogen and oxygen atoms in total. The van der Waals surface area contributed by atoms with Gasteiger partial charge in [0.25, 0.3) is 0 Å². The van der Waals surface area contributed by atoms with E-state index in [4.69, 9.17) is 5.73 Å². The van der Waals surface area contributed by atoms with Gasteiger partial charge in [-0.2, -0.15) is 0 Å². The summed E-state index contributed by atoms with van der Waals surface area (Å²) in [5, 5.41) is 0. The van der Waals surface area contributed by atoms with Crippen LogP contribution in [0.15, 0.2) is 29.2 Å². The third-order valence-corrected chi connectivity index (χ3v) is 4.76. The fourth-order valence-corrected chi connectivity index (χ4v) is 3.25. The van der Waals surface area contributed by atoms with Crippen molar-refractivity contribution in [2.45, 2.75) is 43.2 Å². The Labute approximate surface area is 125 Å². The van der Waals surface area contributed by atoms with E-state index in [1.54, 1.807) is 11.8 Å². The molecule has 1 amide bonds. The molecular formula is C16H24N2OS. The van der Waals surface area contributed by atoms with E-state index in [1.165, 1.54) is 10.5 Å². The van der Waals surface area contributed by atoms with Crippen molar-refractivity contribution < 1.29 is 4.79 Å². The third kappa shape index (κ3) is 4.00. The molecule has 1 aromatic rings. The number of hydrogen-bond acceptors (Lipinski definition) is 3. The lowest BCUT2D eigenvalue weighted by Gasteiger charge is -2.29. The van der Waals surface area contributed by atoms with Gasteiger partial charge in [0.2, 0.25) is 5.91 Å². The first kappa shape index (κ1) is 15.4. The maximum absolute atomic E-state index is 12.4. The highest BCUT2D eigenvalue weighted by Crippen LogP contribution is 2.25. The summed E-state index contributed by atoms with van der Waals surface area (Å²) in [6.07, 6.45) is 6.03. The van der Waals surface area contributed by atoms with Gasteiger partial charge >= 0.3 is 0 Å².